The zero-order valence-corrected chi connectivity index (χ0v) is 13.0. The first kappa shape index (κ1) is 16.2. The second kappa shape index (κ2) is 6.75. The lowest BCUT2D eigenvalue weighted by Crippen LogP contribution is -2.43. The molecule has 0 amide bonds. The highest BCUT2D eigenvalue weighted by Gasteiger charge is 2.30. The van der Waals surface area contributed by atoms with Gasteiger partial charge in [0.25, 0.3) is 0 Å². The van der Waals surface area contributed by atoms with Gasteiger partial charge in [-0.1, -0.05) is 24.4 Å². The topological polar surface area (TPSA) is 90.2 Å². The maximum Gasteiger partial charge on any atom is 0.242 e. The first-order valence-corrected chi connectivity index (χ1v) is 8.67. The van der Waals surface area contributed by atoms with Crippen LogP contribution in [0.2, 0.25) is 5.02 Å². The molecule has 1 aliphatic rings. The summed E-state index contributed by atoms with van der Waals surface area (Å²) in [5.41, 5.74) is 0.0198. The third-order valence-corrected chi connectivity index (χ3v) is 5.58. The van der Waals surface area contributed by atoms with Crippen molar-refractivity contribution in [2.45, 2.75) is 36.6 Å². The molecule has 0 spiro atoms. The smallest absolute Gasteiger partial charge is 0.242 e. The van der Waals surface area contributed by atoms with Crippen LogP contribution in [-0.4, -0.2) is 26.2 Å². The van der Waals surface area contributed by atoms with Gasteiger partial charge in [0, 0.05) is 17.7 Å². The lowest BCUT2D eigenvalue weighted by Gasteiger charge is -2.30. The fraction of sp³-hybridized carbons (Fsp3) is 0.500. The molecule has 1 saturated carbocycles. The molecule has 0 radical (unpaired) electrons. The van der Waals surface area contributed by atoms with E-state index < -0.39 is 10.0 Å². The Balaban J connectivity index is 2.28. The summed E-state index contributed by atoms with van der Waals surface area (Å²) in [5.74, 6) is -0.0774. The summed E-state index contributed by atoms with van der Waals surface area (Å²) in [6.45, 7) is -0.0427. The molecule has 2 rings (SSSR count). The average molecular weight is 329 g/mol. The Morgan fingerprint density at radius 3 is 2.76 bits per heavy atom. The zero-order valence-electron chi connectivity index (χ0n) is 11.4. The van der Waals surface area contributed by atoms with Crippen LogP contribution in [0.5, 0.6) is 0 Å². The summed E-state index contributed by atoms with van der Waals surface area (Å²) in [6.07, 6.45) is 3.42. The van der Waals surface area contributed by atoms with Gasteiger partial charge in [-0.3, -0.25) is 0 Å². The largest absolute Gasteiger partial charge is 0.396 e. The van der Waals surface area contributed by atoms with Gasteiger partial charge in [0.05, 0.1) is 10.5 Å². The van der Waals surface area contributed by atoms with Gasteiger partial charge >= 0.3 is 0 Å². The minimum absolute atomic E-state index is 0.0198. The minimum atomic E-state index is -3.80. The van der Waals surface area contributed by atoms with E-state index in [-0.39, 0.29) is 29.0 Å². The molecule has 5 nitrogen and oxygen atoms in total. The molecule has 0 aliphatic heterocycles. The first-order chi connectivity index (χ1) is 9.97. The quantitative estimate of drug-likeness (QED) is 0.885. The Kier molecular flexibility index (Phi) is 5.22. The van der Waals surface area contributed by atoms with E-state index in [9.17, 15) is 13.5 Å². The molecule has 0 aromatic heterocycles. The Labute approximate surface area is 129 Å². The molecule has 0 saturated heterocycles. The summed E-state index contributed by atoms with van der Waals surface area (Å²) >= 11 is 5.78. The molecule has 7 heteroatoms. The number of nitrogens with one attached hydrogen (secondary N) is 1. The molecule has 1 aliphatic carbocycles. The number of nitrogens with zero attached hydrogens (tertiary/aromatic N) is 1. The number of rotatable bonds is 4. The highest BCUT2D eigenvalue weighted by atomic mass is 35.5. The van der Waals surface area contributed by atoms with Crippen molar-refractivity contribution in [2.75, 3.05) is 6.61 Å². The van der Waals surface area contributed by atoms with Crippen LogP contribution in [0.25, 0.3) is 0 Å². The number of hydrogen-bond acceptors (Lipinski definition) is 4. The van der Waals surface area contributed by atoms with E-state index in [0.29, 0.717) is 11.4 Å². The van der Waals surface area contributed by atoms with Gasteiger partial charge < -0.3 is 5.11 Å². The van der Waals surface area contributed by atoms with Crippen molar-refractivity contribution in [3.63, 3.8) is 0 Å². The number of nitriles is 1. The molecular weight excluding hydrogens is 312 g/mol. The van der Waals surface area contributed by atoms with Crippen molar-refractivity contribution in [1.82, 2.24) is 4.72 Å². The number of aliphatic hydroxyl groups is 1. The molecule has 21 heavy (non-hydrogen) atoms. The summed E-state index contributed by atoms with van der Waals surface area (Å²) in [7, 11) is -3.80. The minimum Gasteiger partial charge on any atom is -0.396 e. The van der Waals surface area contributed by atoms with Crippen LogP contribution in [0.15, 0.2) is 23.1 Å². The van der Waals surface area contributed by atoms with Crippen LogP contribution in [0.1, 0.15) is 31.2 Å². The van der Waals surface area contributed by atoms with E-state index in [0.717, 1.165) is 19.3 Å². The predicted molar refractivity (Wildman–Crippen MR) is 79.3 cm³/mol. The van der Waals surface area contributed by atoms with E-state index in [1.807, 2.05) is 6.07 Å². The Bertz CT molecular complexity index is 655. The second-order valence-corrected chi connectivity index (χ2v) is 7.33. The van der Waals surface area contributed by atoms with Gasteiger partial charge in [-0.15, -0.1) is 0 Å². The van der Waals surface area contributed by atoms with Gasteiger partial charge in [0.2, 0.25) is 10.0 Å². The first-order valence-electron chi connectivity index (χ1n) is 6.81. The third-order valence-electron chi connectivity index (χ3n) is 3.80. The van der Waals surface area contributed by atoms with E-state index in [2.05, 4.69) is 4.72 Å². The van der Waals surface area contributed by atoms with E-state index in [4.69, 9.17) is 16.9 Å². The van der Waals surface area contributed by atoms with Crippen molar-refractivity contribution in [2.24, 2.45) is 5.92 Å². The maximum atomic E-state index is 12.5. The fourth-order valence-corrected chi connectivity index (χ4v) is 4.32. The molecule has 1 aromatic carbocycles. The molecular formula is C14H17ClN2O3S. The second-order valence-electron chi connectivity index (χ2n) is 5.21. The van der Waals surface area contributed by atoms with Crippen molar-refractivity contribution < 1.29 is 13.5 Å². The van der Waals surface area contributed by atoms with E-state index in [1.54, 1.807) is 0 Å². The summed E-state index contributed by atoms with van der Waals surface area (Å²) in [6, 6.07) is 5.67. The molecule has 1 aromatic rings. The van der Waals surface area contributed by atoms with Crippen LogP contribution in [-0.2, 0) is 10.0 Å². The highest BCUT2D eigenvalue weighted by molar-refractivity contribution is 7.89. The summed E-state index contributed by atoms with van der Waals surface area (Å²) in [4.78, 5) is -0.0725. The maximum absolute atomic E-state index is 12.5. The number of benzene rings is 1. The van der Waals surface area contributed by atoms with Gasteiger partial charge in [-0.2, -0.15) is 5.26 Å². The number of sulfonamides is 1. The van der Waals surface area contributed by atoms with Crippen LogP contribution in [0.4, 0.5) is 0 Å². The van der Waals surface area contributed by atoms with Crippen molar-refractivity contribution >= 4 is 21.6 Å². The standard InChI is InChI=1S/C14H17ClN2O3S/c15-12-5-6-14(11(7-12)8-16)21(19,20)17-13-4-2-1-3-10(13)9-18/h5-7,10,13,17-18H,1-4,9H2. The summed E-state index contributed by atoms with van der Waals surface area (Å²) < 4.78 is 27.6. The number of halogens is 1. The predicted octanol–water partition coefficient (Wildman–Crippen LogP) is 2.04. The van der Waals surface area contributed by atoms with E-state index in [1.165, 1.54) is 18.2 Å². The van der Waals surface area contributed by atoms with Crippen LogP contribution in [0, 0.1) is 17.2 Å². The molecule has 114 valence electrons. The van der Waals surface area contributed by atoms with Crippen molar-refractivity contribution in [1.29, 1.82) is 5.26 Å². The van der Waals surface area contributed by atoms with Gasteiger partial charge in [0.15, 0.2) is 0 Å². The zero-order chi connectivity index (χ0) is 15.5. The lowest BCUT2D eigenvalue weighted by atomic mass is 9.86. The molecule has 0 bridgehead atoms. The monoisotopic (exact) mass is 328 g/mol. The number of hydrogen-bond donors (Lipinski definition) is 2. The molecule has 1 fully saturated rings. The van der Waals surface area contributed by atoms with Gasteiger partial charge in [0.1, 0.15) is 6.07 Å². The fourth-order valence-electron chi connectivity index (χ4n) is 2.67. The SMILES string of the molecule is N#Cc1cc(Cl)ccc1S(=O)(=O)NC1CCCCC1CO. The highest BCUT2D eigenvalue weighted by Crippen LogP contribution is 2.26. The molecule has 0 heterocycles. The van der Waals surface area contributed by atoms with Gasteiger partial charge in [-0.05, 0) is 37.0 Å². The third kappa shape index (κ3) is 3.74. The van der Waals surface area contributed by atoms with Crippen LogP contribution in [0.3, 0.4) is 0 Å². The Morgan fingerprint density at radius 2 is 2.10 bits per heavy atom. The normalized spacial score (nSPS) is 22.7. The Morgan fingerprint density at radius 1 is 1.38 bits per heavy atom. The molecule has 2 atom stereocenters. The van der Waals surface area contributed by atoms with E-state index >= 15 is 0 Å². The van der Waals surface area contributed by atoms with Gasteiger partial charge in [-0.25, -0.2) is 13.1 Å². The van der Waals surface area contributed by atoms with Crippen molar-refractivity contribution in [3.8, 4) is 6.07 Å². The van der Waals surface area contributed by atoms with Crippen LogP contribution >= 0.6 is 11.6 Å². The lowest BCUT2D eigenvalue weighted by molar-refractivity contribution is 0.164. The number of aliphatic hydroxyl groups excluding tert-OH is 1. The average Bonchev–Trinajstić information content (AvgIpc) is 2.47. The molecule has 2 unspecified atom stereocenters. The Hall–Kier alpha value is -1.13. The van der Waals surface area contributed by atoms with Crippen LogP contribution < -0.4 is 4.72 Å². The molecule has 2 N–H and O–H groups in total. The van der Waals surface area contributed by atoms with Crippen molar-refractivity contribution in [3.05, 3.63) is 28.8 Å². The summed E-state index contributed by atoms with van der Waals surface area (Å²) in [5, 5.41) is 18.7.